The number of aryl methyl sites for hydroxylation is 2. The van der Waals surface area contributed by atoms with E-state index in [1.165, 1.54) is 7.11 Å². The highest BCUT2D eigenvalue weighted by Gasteiger charge is 2.10. The van der Waals surface area contributed by atoms with Crippen LogP contribution in [0.5, 0.6) is 0 Å². The van der Waals surface area contributed by atoms with Crippen molar-refractivity contribution in [2.75, 3.05) is 12.4 Å². The van der Waals surface area contributed by atoms with Crippen molar-refractivity contribution in [3.8, 4) is 0 Å². The standard InChI is InChI=1S/C16H18N2O2/c1-11-8-9-15(12(2)18-11)17-10-13-6-4-5-7-14(13)16(19)20-3/h4-9,17H,10H2,1-3H3. The van der Waals surface area contributed by atoms with Gasteiger partial charge in [-0.2, -0.15) is 0 Å². The normalized spacial score (nSPS) is 10.2. The average Bonchev–Trinajstić information content (AvgIpc) is 2.46. The molecule has 104 valence electrons. The minimum absolute atomic E-state index is 0.318. The lowest BCUT2D eigenvalue weighted by molar-refractivity contribution is 0.0599. The van der Waals surface area contributed by atoms with Gasteiger partial charge in [-0.3, -0.25) is 4.98 Å². The number of ether oxygens (including phenoxy) is 1. The number of nitrogens with zero attached hydrogens (tertiary/aromatic N) is 1. The summed E-state index contributed by atoms with van der Waals surface area (Å²) in [4.78, 5) is 16.1. The Balaban J connectivity index is 2.17. The highest BCUT2D eigenvalue weighted by Crippen LogP contribution is 2.16. The van der Waals surface area contributed by atoms with Gasteiger partial charge in [-0.05, 0) is 37.6 Å². The number of aromatic nitrogens is 1. The maximum atomic E-state index is 11.7. The molecule has 0 amide bonds. The van der Waals surface area contributed by atoms with Gasteiger partial charge in [0.05, 0.1) is 24.1 Å². The second-order valence-electron chi connectivity index (χ2n) is 4.59. The van der Waals surface area contributed by atoms with Gasteiger partial charge in [0, 0.05) is 12.2 Å². The van der Waals surface area contributed by atoms with Gasteiger partial charge < -0.3 is 10.1 Å². The number of pyridine rings is 1. The van der Waals surface area contributed by atoms with Crippen LogP contribution in [-0.4, -0.2) is 18.1 Å². The van der Waals surface area contributed by atoms with Gasteiger partial charge in [-0.15, -0.1) is 0 Å². The van der Waals surface area contributed by atoms with Gasteiger partial charge in [-0.25, -0.2) is 4.79 Å². The lowest BCUT2D eigenvalue weighted by Crippen LogP contribution is -2.09. The third-order valence-corrected chi connectivity index (χ3v) is 3.12. The van der Waals surface area contributed by atoms with Crippen LogP contribution in [0.2, 0.25) is 0 Å². The third-order valence-electron chi connectivity index (χ3n) is 3.12. The Morgan fingerprint density at radius 3 is 2.65 bits per heavy atom. The number of carbonyl (C=O) groups is 1. The zero-order valence-electron chi connectivity index (χ0n) is 11.9. The minimum atomic E-state index is -0.318. The minimum Gasteiger partial charge on any atom is -0.465 e. The van der Waals surface area contributed by atoms with Crippen LogP contribution in [0.1, 0.15) is 27.3 Å². The van der Waals surface area contributed by atoms with Crippen LogP contribution in [0.4, 0.5) is 5.69 Å². The summed E-state index contributed by atoms with van der Waals surface area (Å²) in [5.41, 5.74) is 4.39. The summed E-state index contributed by atoms with van der Waals surface area (Å²) in [6.07, 6.45) is 0. The van der Waals surface area contributed by atoms with Gasteiger partial charge in [-0.1, -0.05) is 18.2 Å². The van der Waals surface area contributed by atoms with Crippen molar-refractivity contribution >= 4 is 11.7 Å². The van der Waals surface area contributed by atoms with E-state index in [0.29, 0.717) is 12.1 Å². The molecule has 20 heavy (non-hydrogen) atoms. The number of esters is 1. The van der Waals surface area contributed by atoms with Gasteiger partial charge >= 0.3 is 5.97 Å². The van der Waals surface area contributed by atoms with E-state index in [1.807, 2.05) is 44.2 Å². The summed E-state index contributed by atoms with van der Waals surface area (Å²) < 4.78 is 4.79. The SMILES string of the molecule is COC(=O)c1ccccc1CNc1ccc(C)nc1C. The molecule has 0 unspecified atom stereocenters. The van der Waals surface area contributed by atoms with Crippen molar-refractivity contribution in [3.63, 3.8) is 0 Å². The van der Waals surface area contributed by atoms with Gasteiger partial charge in [0.25, 0.3) is 0 Å². The largest absolute Gasteiger partial charge is 0.465 e. The molecule has 1 N–H and O–H groups in total. The molecule has 1 heterocycles. The van der Waals surface area contributed by atoms with Crippen molar-refractivity contribution < 1.29 is 9.53 Å². The molecular formula is C16H18N2O2. The Morgan fingerprint density at radius 2 is 1.95 bits per heavy atom. The summed E-state index contributed by atoms with van der Waals surface area (Å²) in [7, 11) is 1.39. The fraction of sp³-hybridized carbons (Fsp3) is 0.250. The van der Waals surface area contributed by atoms with Crippen molar-refractivity contribution in [2.45, 2.75) is 20.4 Å². The molecule has 0 spiro atoms. The predicted molar refractivity (Wildman–Crippen MR) is 78.8 cm³/mol. The Morgan fingerprint density at radius 1 is 1.20 bits per heavy atom. The molecule has 0 saturated carbocycles. The maximum Gasteiger partial charge on any atom is 0.338 e. The molecular weight excluding hydrogens is 252 g/mol. The lowest BCUT2D eigenvalue weighted by Gasteiger charge is -2.12. The van der Waals surface area contributed by atoms with E-state index < -0.39 is 0 Å². The molecule has 0 fully saturated rings. The molecule has 0 aliphatic heterocycles. The Hall–Kier alpha value is -2.36. The van der Waals surface area contributed by atoms with Gasteiger partial charge in [0.15, 0.2) is 0 Å². The fourth-order valence-electron chi connectivity index (χ4n) is 2.05. The summed E-state index contributed by atoms with van der Waals surface area (Å²) in [5, 5.41) is 3.31. The first-order valence-corrected chi connectivity index (χ1v) is 6.46. The second kappa shape index (κ2) is 6.19. The van der Waals surface area contributed by atoms with E-state index in [4.69, 9.17) is 4.74 Å². The van der Waals surface area contributed by atoms with Gasteiger partial charge in [0.2, 0.25) is 0 Å². The van der Waals surface area contributed by atoms with Crippen LogP contribution in [0.25, 0.3) is 0 Å². The van der Waals surface area contributed by atoms with E-state index >= 15 is 0 Å². The lowest BCUT2D eigenvalue weighted by atomic mass is 10.1. The monoisotopic (exact) mass is 270 g/mol. The van der Waals surface area contributed by atoms with Crippen LogP contribution in [0.3, 0.4) is 0 Å². The molecule has 0 aliphatic rings. The Labute approximate surface area is 118 Å². The Kier molecular flexibility index (Phi) is 4.35. The van der Waals surface area contributed by atoms with E-state index in [2.05, 4.69) is 10.3 Å². The van der Waals surface area contributed by atoms with Crippen molar-refractivity contribution in [1.82, 2.24) is 4.98 Å². The van der Waals surface area contributed by atoms with Crippen LogP contribution in [0.15, 0.2) is 36.4 Å². The van der Waals surface area contributed by atoms with Crippen LogP contribution >= 0.6 is 0 Å². The summed E-state index contributed by atoms with van der Waals surface area (Å²) in [6, 6.07) is 11.4. The smallest absolute Gasteiger partial charge is 0.338 e. The Bertz CT molecular complexity index is 624. The van der Waals surface area contributed by atoms with E-state index in [-0.39, 0.29) is 5.97 Å². The number of hydrogen-bond donors (Lipinski definition) is 1. The molecule has 0 bridgehead atoms. The third kappa shape index (κ3) is 3.15. The van der Waals surface area contributed by atoms with E-state index in [1.54, 1.807) is 6.07 Å². The molecule has 0 radical (unpaired) electrons. The first kappa shape index (κ1) is 14.1. The average molecular weight is 270 g/mol. The first-order chi connectivity index (χ1) is 9.61. The number of nitrogens with one attached hydrogen (secondary N) is 1. The van der Waals surface area contributed by atoms with Crippen molar-refractivity contribution in [3.05, 3.63) is 58.9 Å². The van der Waals surface area contributed by atoms with Crippen molar-refractivity contribution in [1.29, 1.82) is 0 Å². The van der Waals surface area contributed by atoms with Crippen LogP contribution in [-0.2, 0) is 11.3 Å². The van der Waals surface area contributed by atoms with E-state index in [0.717, 1.165) is 22.6 Å². The van der Waals surface area contributed by atoms with Crippen molar-refractivity contribution in [2.24, 2.45) is 0 Å². The second-order valence-corrected chi connectivity index (χ2v) is 4.59. The molecule has 4 nitrogen and oxygen atoms in total. The number of benzene rings is 1. The molecule has 0 saturated heterocycles. The fourth-order valence-corrected chi connectivity index (χ4v) is 2.05. The number of rotatable bonds is 4. The van der Waals surface area contributed by atoms with Gasteiger partial charge in [0.1, 0.15) is 0 Å². The highest BCUT2D eigenvalue weighted by atomic mass is 16.5. The quantitative estimate of drug-likeness (QED) is 0.867. The number of carbonyl (C=O) groups excluding carboxylic acids is 1. The topological polar surface area (TPSA) is 51.2 Å². The predicted octanol–water partition coefficient (Wildman–Crippen LogP) is 3.10. The molecule has 2 rings (SSSR count). The molecule has 0 atom stereocenters. The van der Waals surface area contributed by atoms with Crippen LogP contribution < -0.4 is 5.32 Å². The molecule has 4 heteroatoms. The summed E-state index contributed by atoms with van der Waals surface area (Å²) in [6.45, 7) is 4.47. The zero-order valence-corrected chi connectivity index (χ0v) is 11.9. The zero-order chi connectivity index (χ0) is 14.5. The number of anilines is 1. The highest BCUT2D eigenvalue weighted by molar-refractivity contribution is 5.91. The molecule has 1 aromatic heterocycles. The molecule has 0 aliphatic carbocycles. The maximum absolute atomic E-state index is 11.7. The van der Waals surface area contributed by atoms with Crippen LogP contribution in [0, 0.1) is 13.8 Å². The number of methoxy groups -OCH3 is 1. The molecule has 2 aromatic rings. The van der Waals surface area contributed by atoms with E-state index in [9.17, 15) is 4.79 Å². The molecule has 1 aromatic carbocycles. The summed E-state index contributed by atoms with van der Waals surface area (Å²) >= 11 is 0. The summed E-state index contributed by atoms with van der Waals surface area (Å²) in [5.74, 6) is -0.318. The number of hydrogen-bond acceptors (Lipinski definition) is 4. The first-order valence-electron chi connectivity index (χ1n) is 6.46.